The lowest BCUT2D eigenvalue weighted by molar-refractivity contribution is 0.0741. The maximum atomic E-state index is 12.8. The summed E-state index contributed by atoms with van der Waals surface area (Å²) < 4.78 is 28.3. The van der Waals surface area contributed by atoms with Crippen LogP contribution in [0.15, 0.2) is 48.5 Å². The molecule has 0 radical (unpaired) electrons. The average molecular weight is 361 g/mol. The summed E-state index contributed by atoms with van der Waals surface area (Å²) >= 11 is 0. The maximum Gasteiger partial charge on any atom is 0.254 e. The topological polar surface area (TPSA) is 63.7 Å². The van der Waals surface area contributed by atoms with Gasteiger partial charge in [-0.15, -0.1) is 0 Å². The van der Waals surface area contributed by atoms with Gasteiger partial charge in [0.15, 0.2) is 9.84 Å². The highest BCUT2D eigenvalue weighted by molar-refractivity contribution is 7.89. The second kappa shape index (κ2) is 7.70. The van der Waals surface area contributed by atoms with Gasteiger partial charge in [0.05, 0.1) is 18.9 Å². The van der Waals surface area contributed by atoms with Crippen LogP contribution in [0.5, 0.6) is 5.75 Å². The third kappa shape index (κ3) is 4.82. The van der Waals surface area contributed by atoms with Crippen molar-refractivity contribution >= 4 is 15.7 Å². The molecule has 0 aliphatic heterocycles. The Bertz CT molecular complexity index is 861. The van der Waals surface area contributed by atoms with Gasteiger partial charge in [0, 0.05) is 24.4 Å². The third-order valence-corrected chi connectivity index (χ3v) is 4.95. The van der Waals surface area contributed by atoms with E-state index in [1.54, 1.807) is 43.3 Å². The lowest BCUT2D eigenvalue weighted by Crippen LogP contribution is -2.30. The molecule has 134 valence electrons. The van der Waals surface area contributed by atoms with Gasteiger partial charge in [-0.05, 0) is 30.7 Å². The van der Waals surface area contributed by atoms with E-state index in [0.717, 1.165) is 11.3 Å². The Morgan fingerprint density at radius 3 is 2.48 bits per heavy atom. The molecule has 6 heteroatoms. The van der Waals surface area contributed by atoms with Crippen molar-refractivity contribution in [2.24, 2.45) is 0 Å². The number of amides is 1. The standard InChI is InChI=1S/C19H23NO4S/c1-14(17-10-5-6-11-18(17)24-3)20(2)19(21)16-9-7-8-15(12-16)13-25(4,22)23/h5-12,14H,13H2,1-4H3/t14-/m1/s1. The number of para-hydroxylation sites is 1. The average Bonchev–Trinajstić information content (AvgIpc) is 2.58. The molecule has 2 rings (SSSR count). The summed E-state index contributed by atoms with van der Waals surface area (Å²) in [5.74, 6) is 0.467. The zero-order chi connectivity index (χ0) is 18.6. The lowest BCUT2D eigenvalue weighted by atomic mass is 10.0. The van der Waals surface area contributed by atoms with E-state index in [0.29, 0.717) is 11.1 Å². The lowest BCUT2D eigenvalue weighted by Gasteiger charge is -2.26. The van der Waals surface area contributed by atoms with Crippen LogP contribution in [0.4, 0.5) is 0 Å². The van der Waals surface area contributed by atoms with Crippen LogP contribution < -0.4 is 4.74 Å². The molecule has 5 nitrogen and oxygen atoms in total. The summed E-state index contributed by atoms with van der Waals surface area (Å²) in [6.45, 7) is 1.93. The molecule has 0 bridgehead atoms. The molecule has 0 aromatic heterocycles. The number of carbonyl (C=O) groups is 1. The smallest absolute Gasteiger partial charge is 0.254 e. The monoisotopic (exact) mass is 361 g/mol. The number of rotatable bonds is 6. The van der Waals surface area contributed by atoms with Crippen molar-refractivity contribution in [2.45, 2.75) is 18.7 Å². The van der Waals surface area contributed by atoms with Gasteiger partial charge in [-0.1, -0.05) is 30.3 Å². The molecule has 0 saturated carbocycles. The van der Waals surface area contributed by atoms with E-state index in [9.17, 15) is 13.2 Å². The molecule has 2 aromatic rings. The molecule has 0 N–H and O–H groups in total. The van der Waals surface area contributed by atoms with Crippen molar-refractivity contribution in [3.8, 4) is 5.75 Å². The van der Waals surface area contributed by atoms with Crippen LogP contribution in [0.1, 0.15) is 34.5 Å². The number of sulfone groups is 1. The van der Waals surface area contributed by atoms with Crippen LogP contribution in [-0.2, 0) is 15.6 Å². The molecule has 1 amide bonds. The van der Waals surface area contributed by atoms with Crippen molar-refractivity contribution in [3.05, 3.63) is 65.2 Å². The van der Waals surface area contributed by atoms with E-state index < -0.39 is 9.84 Å². The fourth-order valence-electron chi connectivity index (χ4n) is 2.70. The zero-order valence-corrected chi connectivity index (χ0v) is 15.7. The molecule has 0 fully saturated rings. The van der Waals surface area contributed by atoms with Gasteiger partial charge in [0.1, 0.15) is 5.75 Å². The van der Waals surface area contributed by atoms with E-state index in [1.807, 2.05) is 31.2 Å². The first kappa shape index (κ1) is 19.0. The fourth-order valence-corrected chi connectivity index (χ4v) is 3.48. The molecule has 0 aliphatic carbocycles. The summed E-state index contributed by atoms with van der Waals surface area (Å²) in [7, 11) is 0.174. The quantitative estimate of drug-likeness (QED) is 0.793. The molecular formula is C19H23NO4S. The maximum absolute atomic E-state index is 12.8. The van der Waals surface area contributed by atoms with Gasteiger partial charge < -0.3 is 9.64 Å². The number of benzene rings is 2. The van der Waals surface area contributed by atoms with Crippen LogP contribution >= 0.6 is 0 Å². The normalized spacial score (nSPS) is 12.5. The molecule has 1 atom stereocenters. The largest absolute Gasteiger partial charge is 0.496 e. The van der Waals surface area contributed by atoms with Crippen LogP contribution in [0, 0.1) is 0 Å². The number of carbonyl (C=O) groups excluding carboxylic acids is 1. The molecular weight excluding hydrogens is 338 g/mol. The summed E-state index contributed by atoms with van der Waals surface area (Å²) in [6, 6.07) is 14.1. The fraction of sp³-hybridized carbons (Fsp3) is 0.316. The second-order valence-corrected chi connectivity index (χ2v) is 8.24. The summed E-state index contributed by atoms with van der Waals surface area (Å²) in [6.07, 6.45) is 1.18. The van der Waals surface area contributed by atoms with Crippen molar-refractivity contribution in [1.82, 2.24) is 4.90 Å². The number of methoxy groups -OCH3 is 1. The Balaban J connectivity index is 2.26. The summed E-state index contributed by atoms with van der Waals surface area (Å²) in [4.78, 5) is 14.4. The van der Waals surface area contributed by atoms with E-state index in [2.05, 4.69) is 0 Å². The van der Waals surface area contributed by atoms with Crippen molar-refractivity contribution in [1.29, 1.82) is 0 Å². The Labute approximate surface area is 149 Å². The highest BCUT2D eigenvalue weighted by atomic mass is 32.2. The van der Waals surface area contributed by atoms with Gasteiger partial charge in [-0.25, -0.2) is 8.42 Å². The molecule has 0 aliphatic rings. The Kier molecular flexibility index (Phi) is 5.85. The highest BCUT2D eigenvalue weighted by Crippen LogP contribution is 2.29. The minimum absolute atomic E-state index is 0.0834. The highest BCUT2D eigenvalue weighted by Gasteiger charge is 2.21. The third-order valence-electron chi connectivity index (χ3n) is 4.09. The van der Waals surface area contributed by atoms with Gasteiger partial charge in [-0.2, -0.15) is 0 Å². The van der Waals surface area contributed by atoms with Crippen molar-refractivity contribution in [3.63, 3.8) is 0 Å². The van der Waals surface area contributed by atoms with Crippen molar-refractivity contribution < 1.29 is 17.9 Å². The van der Waals surface area contributed by atoms with E-state index in [4.69, 9.17) is 4.74 Å². The number of nitrogens with zero attached hydrogens (tertiary/aromatic N) is 1. The Morgan fingerprint density at radius 1 is 1.16 bits per heavy atom. The van der Waals surface area contributed by atoms with Crippen LogP contribution in [0.2, 0.25) is 0 Å². The van der Waals surface area contributed by atoms with Gasteiger partial charge in [-0.3, -0.25) is 4.79 Å². The number of hydrogen-bond acceptors (Lipinski definition) is 4. The Morgan fingerprint density at radius 2 is 1.84 bits per heavy atom. The van der Waals surface area contributed by atoms with Gasteiger partial charge in [0.25, 0.3) is 5.91 Å². The molecule has 0 unspecified atom stereocenters. The first-order valence-corrected chi connectivity index (χ1v) is 9.95. The number of hydrogen-bond donors (Lipinski definition) is 0. The Hall–Kier alpha value is -2.34. The molecule has 0 spiro atoms. The number of ether oxygens (including phenoxy) is 1. The first-order chi connectivity index (χ1) is 11.7. The van der Waals surface area contributed by atoms with Gasteiger partial charge >= 0.3 is 0 Å². The van der Waals surface area contributed by atoms with E-state index >= 15 is 0 Å². The minimum atomic E-state index is -3.15. The van der Waals surface area contributed by atoms with Crippen LogP contribution in [0.25, 0.3) is 0 Å². The second-order valence-electron chi connectivity index (χ2n) is 6.10. The van der Waals surface area contributed by atoms with Crippen LogP contribution in [-0.4, -0.2) is 39.6 Å². The van der Waals surface area contributed by atoms with Gasteiger partial charge in [0.2, 0.25) is 0 Å². The van der Waals surface area contributed by atoms with Crippen LogP contribution in [0.3, 0.4) is 0 Å². The van der Waals surface area contributed by atoms with E-state index in [-0.39, 0.29) is 17.7 Å². The summed E-state index contributed by atoms with van der Waals surface area (Å²) in [5.41, 5.74) is 1.98. The summed E-state index contributed by atoms with van der Waals surface area (Å²) in [5, 5.41) is 0. The predicted molar refractivity (Wildman–Crippen MR) is 98.5 cm³/mol. The molecule has 2 aromatic carbocycles. The SMILES string of the molecule is COc1ccccc1[C@@H](C)N(C)C(=O)c1cccc(CS(C)(=O)=O)c1. The minimum Gasteiger partial charge on any atom is -0.496 e. The zero-order valence-electron chi connectivity index (χ0n) is 14.9. The van der Waals surface area contributed by atoms with Crippen molar-refractivity contribution in [2.75, 3.05) is 20.4 Å². The molecule has 25 heavy (non-hydrogen) atoms. The predicted octanol–water partition coefficient (Wildman–Crippen LogP) is 3.07. The molecule has 0 saturated heterocycles. The first-order valence-electron chi connectivity index (χ1n) is 7.89. The molecule has 0 heterocycles. The van der Waals surface area contributed by atoms with E-state index in [1.165, 1.54) is 6.26 Å².